The Morgan fingerprint density at radius 1 is 1.05 bits per heavy atom. The number of fused-ring (bicyclic) bond motifs is 1. The number of rotatable bonds is 3. The Kier molecular flexibility index (Phi) is 3.02. The van der Waals surface area contributed by atoms with E-state index >= 15 is 0 Å². The fourth-order valence-electron chi connectivity index (χ4n) is 2.01. The highest BCUT2D eigenvalue weighted by atomic mass is 15.3. The van der Waals surface area contributed by atoms with Crippen LogP contribution in [0.2, 0.25) is 0 Å². The van der Waals surface area contributed by atoms with Gasteiger partial charge in [-0.1, -0.05) is 35.9 Å². The summed E-state index contributed by atoms with van der Waals surface area (Å²) >= 11 is 0. The minimum absolute atomic E-state index is 0.988. The number of hydrazone groups is 1. The first-order chi connectivity index (χ1) is 9.33. The lowest BCUT2D eigenvalue weighted by atomic mass is 10.2. The summed E-state index contributed by atoms with van der Waals surface area (Å²) in [5.74, 6) is 0. The predicted octanol–water partition coefficient (Wildman–Crippen LogP) is 3.92. The van der Waals surface area contributed by atoms with Crippen LogP contribution in [0.15, 0.2) is 59.8 Å². The number of hydrogen-bond acceptors (Lipinski definition) is 2. The van der Waals surface area contributed by atoms with E-state index in [0.717, 1.165) is 16.8 Å². The summed E-state index contributed by atoms with van der Waals surface area (Å²) in [4.78, 5) is 3.23. The van der Waals surface area contributed by atoms with E-state index in [1.807, 2.05) is 36.7 Å². The van der Waals surface area contributed by atoms with Crippen LogP contribution in [0.4, 0.5) is 5.69 Å². The van der Waals surface area contributed by atoms with Crippen LogP contribution in [-0.4, -0.2) is 11.2 Å². The number of aromatic nitrogens is 1. The number of nitrogens with zero attached hydrogens (tertiary/aromatic N) is 1. The van der Waals surface area contributed by atoms with Crippen LogP contribution < -0.4 is 5.43 Å². The molecule has 0 saturated carbocycles. The molecule has 19 heavy (non-hydrogen) atoms. The molecule has 0 fully saturated rings. The molecule has 3 heteroatoms. The minimum atomic E-state index is 0.988. The van der Waals surface area contributed by atoms with Gasteiger partial charge in [-0.25, -0.2) is 0 Å². The Morgan fingerprint density at radius 3 is 2.68 bits per heavy atom. The van der Waals surface area contributed by atoms with Crippen molar-refractivity contribution in [1.82, 2.24) is 4.98 Å². The molecule has 0 bridgehead atoms. The Balaban J connectivity index is 1.77. The molecule has 3 aromatic rings. The van der Waals surface area contributed by atoms with Crippen LogP contribution in [0, 0.1) is 6.92 Å². The van der Waals surface area contributed by atoms with E-state index in [1.54, 1.807) is 0 Å². The van der Waals surface area contributed by atoms with Crippen molar-refractivity contribution in [2.75, 3.05) is 5.43 Å². The van der Waals surface area contributed by atoms with Gasteiger partial charge in [0.05, 0.1) is 11.9 Å². The van der Waals surface area contributed by atoms with Gasteiger partial charge in [0.2, 0.25) is 0 Å². The van der Waals surface area contributed by atoms with Gasteiger partial charge in [-0.05, 0) is 25.1 Å². The van der Waals surface area contributed by atoms with Crippen molar-refractivity contribution in [1.29, 1.82) is 0 Å². The predicted molar refractivity (Wildman–Crippen MR) is 80.7 cm³/mol. The van der Waals surface area contributed by atoms with E-state index in [-0.39, 0.29) is 0 Å². The SMILES string of the molecule is Cc1ccc(N/N=C/c2c[nH]c3ccccc23)cc1. The van der Waals surface area contributed by atoms with E-state index in [1.165, 1.54) is 10.9 Å². The normalized spacial score (nSPS) is 11.2. The number of aromatic amines is 1. The van der Waals surface area contributed by atoms with Crippen molar-refractivity contribution in [3.8, 4) is 0 Å². The highest BCUT2D eigenvalue weighted by molar-refractivity contribution is 5.99. The first-order valence-electron chi connectivity index (χ1n) is 6.25. The minimum Gasteiger partial charge on any atom is -0.361 e. The van der Waals surface area contributed by atoms with Gasteiger partial charge in [-0.15, -0.1) is 0 Å². The third kappa shape index (κ3) is 2.50. The number of H-pyrrole nitrogens is 1. The molecule has 94 valence electrons. The molecular formula is C16H15N3. The number of hydrogen-bond donors (Lipinski definition) is 2. The van der Waals surface area contributed by atoms with Gasteiger partial charge in [0, 0.05) is 22.7 Å². The summed E-state index contributed by atoms with van der Waals surface area (Å²) in [6.45, 7) is 2.07. The number of aryl methyl sites for hydroxylation is 1. The molecule has 2 aromatic carbocycles. The molecule has 0 unspecified atom stereocenters. The zero-order valence-electron chi connectivity index (χ0n) is 10.7. The van der Waals surface area contributed by atoms with E-state index in [4.69, 9.17) is 0 Å². The van der Waals surface area contributed by atoms with Crippen molar-refractivity contribution in [3.05, 3.63) is 65.9 Å². The van der Waals surface area contributed by atoms with E-state index < -0.39 is 0 Å². The monoisotopic (exact) mass is 249 g/mol. The van der Waals surface area contributed by atoms with Crippen molar-refractivity contribution >= 4 is 22.8 Å². The molecule has 0 atom stereocenters. The molecule has 0 aliphatic heterocycles. The lowest BCUT2D eigenvalue weighted by Crippen LogP contribution is -1.89. The second kappa shape index (κ2) is 4.98. The molecule has 2 N–H and O–H groups in total. The largest absolute Gasteiger partial charge is 0.361 e. The molecular weight excluding hydrogens is 234 g/mol. The van der Waals surface area contributed by atoms with Crippen LogP contribution in [0.1, 0.15) is 11.1 Å². The standard InChI is InChI=1S/C16H15N3/c1-12-6-8-14(9-7-12)19-18-11-13-10-17-16-5-3-2-4-15(13)16/h2-11,17,19H,1H3/b18-11+. The molecule has 0 spiro atoms. The zero-order chi connectivity index (χ0) is 13.1. The Labute approximate surface area is 112 Å². The van der Waals surface area contributed by atoms with Gasteiger partial charge in [-0.3, -0.25) is 5.43 Å². The van der Waals surface area contributed by atoms with Crippen molar-refractivity contribution in [3.63, 3.8) is 0 Å². The number of anilines is 1. The summed E-state index contributed by atoms with van der Waals surface area (Å²) in [6, 6.07) is 16.3. The zero-order valence-corrected chi connectivity index (χ0v) is 10.7. The van der Waals surface area contributed by atoms with Crippen molar-refractivity contribution in [2.24, 2.45) is 5.10 Å². The van der Waals surface area contributed by atoms with Crippen molar-refractivity contribution in [2.45, 2.75) is 6.92 Å². The molecule has 1 heterocycles. The average Bonchev–Trinajstić information content (AvgIpc) is 2.85. The lowest BCUT2D eigenvalue weighted by molar-refractivity contribution is 1.34. The molecule has 1 aromatic heterocycles. The van der Waals surface area contributed by atoms with Crippen LogP contribution in [-0.2, 0) is 0 Å². The van der Waals surface area contributed by atoms with E-state index in [2.05, 4.69) is 46.7 Å². The van der Waals surface area contributed by atoms with Crippen LogP contribution in [0.25, 0.3) is 10.9 Å². The molecule has 0 aliphatic rings. The third-order valence-corrected chi connectivity index (χ3v) is 3.07. The van der Waals surface area contributed by atoms with Crippen LogP contribution in [0.5, 0.6) is 0 Å². The smallest absolute Gasteiger partial charge is 0.0566 e. The number of benzene rings is 2. The maximum Gasteiger partial charge on any atom is 0.0566 e. The first kappa shape index (κ1) is 11.5. The fraction of sp³-hybridized carbons (Fsp3) is 0.0625. The molecule has 3 nitrogen and oxygen atoms in total. The lowest BCUT2D eigenvalue weighted by Gasteiger charge is -1.99. The summed E-state index contributed by atoms with van der Waals surface area (Å²) in [6.07, 6.45) is 3.80. The Morgan fingerprint density at radius 2 is 1.84 bits per heavy atom. The van der Waals surface area contributed by atoms with Gasteiger partial charge in [0.1, 0.15) is 0 Å². The van der Waals surface area contributed by atoms with Crippen molar-refractivity contribution < 1.29 is 0 Å². The number of para-hydroxylation sites is 1. The molecule has 3 rings (SSSR count). The van der Waals surface area contributed by atoms with Gasteiger partial charge in [0.15, 0.2) is 0 Å². The molecule has 0 aliphatic carbocycles. The van der Waals surface area contributed by atoms with Gasteiger partial charge in [0.25, 0.3) is 0 Å². The van der Waals surface area contributed by atoms with Crippen LogP contribution >= 0.6 is 0 Å². The molecule has 0 saturated heterocycles. The molecule has 0 amide bonds. The quantitative estimate of drug-likeness (QED) is 0.536. The Bertz CT molecular complexity index is 708. The summed E-state index contributed by atoms with van der Waals surface area (Å²) in [7, 11) is 0. The first-order valence-corrected chi connectivity index (χ1v) is 6.25. The number of nitrogens with one attached hydrogen (secondary N) is 2. The van der Waals surface area contributed by atoms with Gasteiger partial charge < -0.3 is 4.98 Å². The van der Waals surface area contributed by atoms with Gasteiger partial charge >= 0.3 is 0 Å². The average molecular weight is 249 g/mol. The third-order valence-electron chi connectivity index (χ3n) is 3.07. The summed E-state index contributed by atoms with van der Waals surface area (Å²) < 4.78 is 0. The van der Waals surface area contributed by atoms with Gasteiger partial charge in [-0.2, -0.15) is 5.10 Å². The molecule has 0 radical (unpaired) electrons. The summed E-state index contributed by atoms with van der Waals surface area (Å²) in [5.41, 5.74) is 7.46. The second-order valence-electron chi connectivity index (χ2n) is 4.53. The maximum atomic E-state index is 4.27. The van der Waals surface area contributed by atoms with E-state index in [9.17, 15) is 0 Å². The fourth-order valence-corrected chi connectivity index (χ4v) is 2.01. The summed E-state index contributed by atoms with van der Waals surface area (Å²) in [5, 5.41) is 5.45. The maximum absolute atomic E-state index is 4.27. The Hall–Kier alpha value is -2.55. The van der Waals surface area contributed by atoms with Crippen LogP contribution in [0.3, 0.4) is 0 Å². The highest BCUT2D eigenvalue weighted by Gasteiger charge is 1.99. The highest BCUT2D eigenvalue weighted by Crippen LogP contribution is 2.16. The topological polar surface area (TPSA) is 40.2 Å². The van der Waals surface area contributed by atoms with E-state index in [0.29, 0.717) is 0 Å². The second-order valence-corrected chi connectivity index (χ2v) is 4.53.